The fourth-order valence-electron chi connectivity index (χ4n) is 5.24. The van der Waals surface area contributed by atoms with Crippen LogP contribution in [0.5, 0.6) is 0 Å². The van der Waals surface area contributed by atoms with Gasteiger partial charge in [0.15, 0.2) is 0 Å². The van der Waals surface area contributed by atoms with Crippen LogP contribution in [-0.4, -0.2) is 123 Å². The smallest absolute Gasteiger partial charge is 0.744 e. The number of nitrogens with zero attached hydrogens (tertiary/aromatic N) is 8. The average molecular weight is 801 g/mol. The molecule has 4 heterocycles. The maximum absolute atomic E-state index is 12.4. The van der Waals surface area contributed by atoms with Crippen LogP contribution in [-0.2, 0) is 29.7 Å². The normalized spacial score (nSPS) is 14.9. The molecule has 0 radical (unpaired) electrons. The van der Waals surface area contributed by atoms with Gasteiger partial charge in [-0.3, -0.25) is 0 Å². The van der Waals surface area contributed by atoms with E-state index in [1.54, 1.807) is 14.1 Å². The Kier molecular flexibility index (Phi) is 15.3. The zero-order valence-corrected chi connectivity index (χ0v) is 35.6. The molecule has 6 rings (SSSR count). The number of aromatic nitrogens is 6. The molecule has 2 aliphatic rings. The topological polar surface area (TPSA) is 265 Å². The van der Waals surface area contributed by atoms with Crippen molar-refractivity contribution < 1.29 is 94.5 Å². The van der Waals surface area contributed by atoms with Gasteiger partial charge in [-0.15, -0.1) is 0 Å². The van der Waals surface area contributed by atoms with E-state index in [9.17, 15) is 25.9 Å². The van der Waals surface area contributed by atoms with E-state index in [1.165, 1.54) is 36.4 Å². The number of benzene rings is 2. The molecule has 2 fully saturated rings. The van der Waals surface area contributed by atoms with Crippen molar-refractivity contribution in [2.45, 2.75) is 9.79 Å². The Morgan fingerprint density at radius 1 is 0.593 bits per heavy atom. The van der Waals surface area contributed by atoms with Gasteiger partial charge in [0, 0.05) is 51.6 Å². The Hall–Kier alpha value is -3.26. The van der Waals surface area contributed by atoms with Crippen LogP contribution in [0.3, 0.4) is 0 Å². The summed E-state index contributed by atoms with van der Waals surface area (Å²) in [4.78, 5) is 28.8. The molecule has 4 aromatic rings. The summed E-state index contributed by atoms with van der Waals surface area (Å²) in [5.41, 5.74) is 0.251. The molecular formula is C30H34N12Na2O8S2. The van der Waals surface area contributed by atoms with E-state index in [2.05, 4.69) is 51.2 Å². The second-order valence-corrected chi connectivity index (χ2v) is 14.0. The summed E-state index contributed by atoms with van der Waals surface area (Å²) in [6, 6.07) is 7.89. The molecule has 0 atom stereocenters. The minimum Gasteiger partial charge on any atom is -0.744 e. The first-order chi connectivity index (χ1) is 24.9. The number of nitrogens with one attached hydrogen (secondary N) is 4. The summed E-state index contributed by atoms with van der Waals surface area (Å²) in [7, 11) is -6.81. The van der Waals surface area contributed by atoms with E-state index in [4.69, 9.17) is 9.47 Å². The van der Waals surface area contributed by atoms with Gasteiger partial charge >= 0.3 is 59.1 Å². The number of rotatable bonds is 12. The van der Waals surface area contributed by atoms with Gasteiger partial charge in [0.05, 0.1) is 36.2 Å². The van der Waals surface area contributed by atoms with E-state index >= 15 is 0 Å². The van der Waals surface area contributed by atoms with Crippen LogP contribution < -0.4 is 90.2 Å². The zero-order chi connectivity index (χ0) is 36.9. The van der Waals surface area contributed by atoms with E-state index in [-0.39, 0.29) is 105 Å². The molecule has 2 saturated heterocycles. The van der Waals surface area contributed by atoms with Gasteiger partial charge in [-0.2, -0.15) is 29.9 Å². The molecule has 2 aromatic heterocycles. The van der Waals surface area contributed by atoms with Crippen molar-refractivity contribution in [1.29, 1.82) is 0 Å². The molecule has 24 heteroatoms. The molecule has 0 bridgehead atoms. The van der Waals surface area contributed by atoms with E-state index in [0.717, 1.165) is 12.1 Å². The van der Waals surface area contributed by atoms with Gasteiger partial charge < -0.3 is 49.6 Å². The number of anilines is 8. The summed E-state index contributed by atoms with van der Waals surface area (Å²) in [5, 5.41) is 11.5. The third kappa shape index (κ3) is 11.2. The second-order valence-electron chi connectivity index (χ2n) is 11.3. The van der Waals surface area contributed by atoms with Gasteiger partial charge in [0.1, 0.15) is 20.2 Å². The van der Waals surface area contributed by atoms with Crippen LogP contribution in [0.2, 0.25) is 0 Å². The van der Waals surface area contributed by atoms with Crippen molar-refractivity contribution >= 4 is 79.5 Å². The molecule has 0 spiro atoms. The van der Waals surface area contributed by atoms with Crippen molar-refractivity contribution in [2.24, 2.45) is 0 Å². The van der Waals surface area contributed by atoms with Crippen molar-refractivity contribution in [3.05, 3.63) is 47.5 Å². The minimum absolute atomic E-state index is 0. The first-order valence-corrected chi connectivity index (χ1v) is 18.7. The maximum atomic E-state index is 12.4. The molecule has 0 aliphatic carbocycles. The Morgan fingerprint density at radius 2 is 0.944 bits per heavy atom. The van der Waals surface area contributed by atoms with E-state index in [0.29, 0.717) is 64.5 Å². The average Bonchev–Trinajstić information content (AvgIpc) is 3.14. The number of morpholine rings is 2. The molecule has 276 valence electrons. The number of hydrogen-bond acceptors (Lipinski definition) is 20. The molecule has 0 saturated carbocycles. The van der Waals surface area contributed by atoms with Crippen LogP contribution in [0.4, 0.5) is 47.1 Å². The van der Waals surface area contributed by atoms with Crippen molar-refractivity contribution in [2.75, 3.05) is 97.8 Å². The van der Waals surface area contributed by atoms with Crippen molar-refractivity contribution in [3.63, 3.8) is 0 Å². The standard InChI is InChI=1S/C30H36N12O8S2.2Na/c1-31-25-35-27(39-29(37-25)41-9-13-49-14-10-41)33-21-7-5-19(23(17-21)51(43,44)45)3-4-20-6-8-22(18-24(20)52(46,47)48)34-28-36-26(32-2)38-30(40-28)42-11-15-50-16-12-42;;/h3-8,17-18H,9-16H2,1-2H3,(H,43,44,45)(H,46,47,48)(H2,31,33,35,37,39)(H2,32,34,36,38,40);;/q;2*+1/p-2/b4-3+;;. The van der Waals surface area contributed by atoms with E-state index < -0.39 is 30.0 Å². The second kappa shape index (κ2) is 19.1. The predicted molar refractivity (Wildman–Crippen MR) is 189 cm³/mol. The minimum atomic E-state index is -5.04. The van der Waals surface area contributed by atoms with Gasteiger partial charge in [0.25, 0.3) is 0 Å². The van der Waals surface area contributed by atoms with Crippen LogP contribution in [0.1, 0.15) is 11.1 Å². The summed E-state index contributed by atoms with van der Waals surface area (Å²) in [6.45, 7) is 4.26. The Bertz CT molecular complexity index is 2040. The summed E-state index contributed by atoms with van der Waals surface area (Å²) < 4.78 is 85.0. The maximum Gasteiger partial charge on any atom is 1.00 e. The first-order valence-electron chi connectivity index (χ1n) is 15.8. The Morgan fingerprint density at radius 3 is 1.28 bits per heavy atom. The Balaban J connectivity index is 0.00000325. The molecule has 20 nitrogen and oxygen atoms in total. The largest absolute Gasteiger partial charge is 1.00 e. The van der Waals surface area contributed by atoms with Gasteiger partial charge in [-0.05, 0) is 35.4 Å². The van der Waals surface area contributed by atoms with E-state index in [1.807, 2.05) is 9.80 Å². The number of ether oxygens (including phenoxy) is 2. The van der Waals surface area contributed by atoms with Crippen LogP contribution >= 0.6 is 0 Å². The van der Waals surface area contributed by atoms with Gasteiger partial charge in [-0.25, -0.2) is 16.8 Å². The molecule has 4 N–H and O–H groups in total. The molecule has 2 aliphatic heterocycles. The fourth-order valence-corrected chi connectivity index (χ4v) is 6.64. The van der Waals surface area contributed by atoms with Crippen molar-refractivity contribution in [1.82, 2.24) is 29.9 Å². The van der Waals surface area contributed by atoms with Gasteiger partial charge in [-0.1, -0.05) is 24.3 Å². The van der Waals surface area contributed by atoms with Crippen molar-refractivity contribution in [3.8, 4) is 0 Å². The third-order valence-corrected chi connectivity index (χ3v) is 9.59. The molecule has 2 aromatic carbocycles. The van der Waals surface area contributed by atoms with Crippen LogP contribution in [0.25, 0.3) is 12.2 Å². The quantitative estimate of drug-likeness (QED) is 0.0596. The van der Waals surface area contributed by atoms with Crippen LogP contribution in [0, 0.1) is 0 Å². The first kappa shape index (κ1) is 43.5. The SMILES string of the molecule is CNc1nc(Nc2ccc(/C=C/c3ccc(Nc4nc(NC)nc(N5CCOCC5)n4)cc3S(=O)(=O)[O-])c(S(=O)(=O)[O-])c2)nc(N2CCOCC2)n1.[Na+].[Na+]. The molecule has 0 unspecified atom stereocenters. The summed E-state index contributed by atoms with van der Waals surface area (Å²) in [6.07, 6.45) is 2.45. The number of hydrogen-bond donors (Lipinski definition) is 4. The molecule has 54 heavy (non-hydrogen) atoms. The van der Waals surface area contributed by atoms with Gasteiger partial charge in [0.2, 0.25) is 35.7 Å². The third-order valence-electron chi connectivity index (χ3n) is 7.80. The zero-order valence-electron chi connectivity index (χ0n) is 29.9. The predicted octanol–water partition coefficient (Wildman–Crippen LogP) is -4.71. The molecular weight excluding hydrogens is 767 g/mol. The van der Waals surface area contributed by atoms with Crippen LogP contribution in [0.15, 0.2) is 46.2 Å². The monoisotopic (exact) mass is 800 g/mol. The summed E-state index contributed by atoms with van der Waals surface area (Å²) in [5.74, 6) is 1.45. The Labute approximate surface area is 356 Å². The fraction of sp³-hybridized carbons (Fsp3) is 0.333. The summed E-state index contributed by atoms with van der Waals surface area (Å²) >= 11 is 0. The molecule has 0 amide bonds.